The Balaban J connectivity index is 1.38. The highest BCUT2D eigenvalue weighted by Gasteiger charge is 2.57. The van der Waals surface area contributed by atoms with E-state index in [4.69, 9.17) is 28.4 Å². The van der Waals surface area contributed by atoms with Crippen LogP contribution in [0.2, 0.25) is 0 Å². The Bertz CT molecular complexity index is 1840. The van der Waals surface area contributed by atoms with Crippen molar-refractivity contribution in [3.8, 4) is 11.4 Å². The molecular formula is C45H69N7O9. The molecule has 6 rings (SSSR count). The molecular weight excluding hydrogens is 783 g/mol. The van der Waals surface area contributed by atoms with E-state index in [0.717, 1.165) is 11.1 Å². The highest BCUT2D eigenvalue weighted by molar-refractivity contribution is 5.74. The molecule has 2 aromatic rings. The average Bonchev–Trinajstić information content (AvgIpc) is 3.83. The van der Waals surface area contributed by atoms with Gasteiger partial charge in [-0.3, -0.25) is 4.79 Å². The summed E-state index contributed by atoms with van der Waals surface area (Å²) in [6.45, 7) is 22.1. The van der Waals surface area contributed by atoms with Gasteiger partial charge in [0, 0.05) is 36.5 Å². The Kier molecular flexibility index (Phi) is 15.1. The van der Waals surface area contributed by atoms with E-state index < -0.39 is 71.8 Å². The second-order valence-corrected chi connectivity index (χ2v) is 18.3. The molecule has 338 valence electrons. The minimum Gasteiger partial charge on any atom is -0.458 e. The molecule has 1 aromatic heterocycles. The third-order valence-electron chi connectivity index (χ3n) is 13.4. The van der Waals surface area contributed by atoms with Crippen LogP contribution in [-0.2, 0) is 39.8 Å². The molecule has 16 nitrogen and oxygen atoms in total. The number of carbonyl (C=O) groups excluding carboxylic acids is 2. The van der Waals surface area contributed by atoms with Crippen LogP contribution in [0.5, 0.6) is 0 Å². The lowest BCUT2D eigenvalue weighted by molar-refractivity contribution is -0.302. The summed E-state index contributed by atoms with van der Waals surface area (Å²) in [6.07, 6.45) is -1.20. The third kappa shape index (κ3) is 10.2. The van der Waals surface area contributed by atoms with Gasteiger partial charge in [0.25, 0.3) is 0 Å². The Morgan fingerprint density at radius 1 is 1.10 bits per heavy atom. The van der Waals surface area contributed by atoms with Gasteiger partial charge in [-0.1, -0.05) is 76.3 Å². The lowest BCUT2D eigenvalue weighted by Crippen LogP contribution is -2.60. The number of ether oxygens (including phenoxy) is 6. The summed E-state index contributed by atoms with van der Waals surface area (Å²) >= 11 is 0. The van der Waals surface area contributed by atoms with Gasteiger partial charge in [0.1, 0.15) is 12.2 Å². The van der Waals surface area contributed by atoms with Crippen molar-refractivity contribution < 1.29 is 43.1 Å². The maximum atomic E-state index is 14.4. The Morgan fingerprint density at radius 2 is 1.84 bits per heavy atom. The maximum absolute atomic E-state index is 14.4. The van der Waals surface area contributed by atoms with E-state index in [1.807, 2.05) is 83.9 Å². The number of likely N-dealkylation sites (N-methyl/N-ethyl adjacent to an activating group) is 1. The van der Waals surface area contributed by atoms with Gasteiger partial charge in [0.15, 0.2) is 17.7 Å². The van der Waals surface area contributed by atoms with E-state index in [2.05, 4.69) is 52.7 Å². The molecule has 0 spiro atoms. The minimum atomic E-state index is -1.19. The number of nitrogens with zero attached hydrogens (tertiary/aromatic N) is 5. The van der Waals surface area contributed by atoms with E-state index in [1.54, 1.807) is 11.6 Å². The van der Waals surface area contributed by atoms with Crippen LogP contribution in [0.25, 0.3) is 11.4 Å². The van der Waals surface area contributed by atoms with Crippen molar-refractivity contribution >= 4 is 12.1 Å². The van der Waals surface area contributed by atoms with Crippen LogP contribution in [0.1, 0.15) is 74.7 Å². The molecule has 3 unspecified atom stereocenters. The number of cyclic esters (lactones) is 1. The molecule has 2 bridgehead atoms. The summed E-state index contributed by atoms with van der Waals surface area (Å²) in [4.78, 5) is 29.6. The molecule has 4 saturated heterocycles. The molecule has 4 aliphatic heterocycles. The minimum absolute atomic E-state index is 0.145. The van der Waals surface area contributed by atoms with Crippen LogP contribution in [-0.4, -0.2) is 143 Å². The maximum Gasteiger partial charge on any atom is 0.408 e. The van der Waals surface area contributed by atoms with Crippen LogP contribution in [0.4, 0.5) is 4.79 Å². The Labute approximate surface area is 361 Å². The van der Waals surface area contributed by atoms with E-state index in [-0.39, 0.29) is 37.2 Å². The predicted octanol–water partition coefficient (Wildman–Crippen LogP) is 4.53. The fourth-order valence-electron chi connectivity index (χ4n) is 10.1. The van der Waals surface area contributed by atoms with Crippen molar-refractivity contribution in [2.75, 3.05) is 40.4 Å². The molecule has 14 atom stereocenters. The number of amides is 1. The second kappa shape index (κ2) is 19.7. The molecule has 4 fully saturated rings. The van der Waals surface area contributed by atoms with E-state index in [9.17, 15) is 14.7 Å². The van der Waals surface area contributed by atoms with Crippen molar-refractivity contribution in [3.63, 3.8) is 0 Å². The van der Waals surface area contributed by atoms with Crippen molar-refractivity contribution in [1.82, 2.24) is 35.7 Å². The predicted molar refractivity (Wildman–Crippen MR) is 228 cm³/mol. The third-order valence-corrected chi connectivity index (χ3v) is 13.4. The molecule has 0 radical (unpaired) electrons. The first-order valence-electron chi connectivity index (χ1n) is 22.0. The van der Waals surface area contributed by atoms with E-state index in [0.29, 0.717) is 50.3 Å². The lowest BCUT2D eigenvalue weighted by Gasteiger charge is -2.49. The van der Waals surface area contributed by atoms with Crippen LogP contribution in [0.3, 0.4) is 0 Å². The zero-order valence-electron chi connectivity index (χ0n) is 37.7. The fourth-order valence-corrected chi connectivity index (χ4v) is 10.1. The first kappa shape index (κ1) is 46.7. The van der Waals surface area contributed by atoms with Crippen LogP contribution in [0.15, 0.2) is 54.1 Å². The molecule has 0 aliphatic carbocycles. The first-order chi connectivity index (χ1) is 29.0. The number of benzene rings is 1. The van der Waals surface area contributed by atoms with Gasteiger partial charge in [-0.2, -0.15) is 0 Å². The van der Waals surface area contributed by atoms with Crippen LogP contribution >= 0.6 is 0 Å². The van der Waals surface area contributed by atoms with Gasteiger partial charge >= 0.3 is 12.1 Å². The van der Waals surface area contributed by atoms with Gasteiger partial charge in [0.2, 0.25) is 0 Å². The average molecular weight is 852 g/mol. The number of nitrogens with one attached hydrogen (secondary N) is 2. The fraction of sp³-hybridized carbons (Fsp3) is 0.711. The van der Waals surface area contributed by atoms with E-state index in [1.165, 1.54) is 0 Å². The zero-order valence-corrected chi connectivity index (χ0v) is 37.7. The smallest absolute Gasteiger partial charge is 0.408 e. The monoisotopic (exact) mass is 852 g/mol. The van der Waals surface area contributed by atoms with Gasteiger partial charge in [-0.25, -0.2) is 9.48 Å². The van der Waals surface area contributed by atoms with Crippen LogP contribution in [0, 0.1) is 23.7 Å². The normalized spacial score (nSPS) is 38.5. The molecule has 1 aromatic carbocycles. The number of aliphatic hydroxyl groups is 1. The number of tetrazole rings is 1. The molecule has 3 N–H and O–H groups in total. The number of fused-ring (bicyclic) bond motifs is 4. The number of esters is 1. The highest BCUT2D eigenvalue weighted by atomic mass is 16.7. The van der Waals surface area contributed by atoms with Crippen molar-refractivity contribution in [2.24, 2.45) is 23.7 Å². The van der Waals surface area contributed by atoms with Gasteiger partial charge in [-0.15, -0.1) is 5.10 Å². The van der Waals surface area contributed by atoms with Crippen LogP contribution < -0.4 is 10.6 Å². The molecule has 1 amide bonds. The van der Waals surface area contributed by atoms with Gasteiger partial charge < -0.3 is 49.1 Å². The summed E-state index contributed by atoms with van der Waals surface area (Å²) in [7, 11) is 3.88. The molecule has 4 aliphatic rings. The highest BCUT2D eigenvalue weighted by Crippen LogP contribution is 2.44. The number of alkyl carbamates (subject to hydrolysis) is 1. The Morgan fingerprint density at radius 3 is 2.54 bits per heavy atom. The van der Waals surface area contributed by atoms with Gasteiger partial charge in [-0.05, 0) is 83.0 Å². The number of aliphatic hydroxyl groups excluding tert-OH is 1. The lowest BCUT2D eigenvalue weighted by atomic mass is 9.71. The quantitative estimate of drug-likeness (QED) is 0.172. The first-order valence-corrected chi connectivity index (χ1v) is 22.0. The summed E-state index contributed by atoms with van der Waals surface area (Å²) in [6, 6.07) is 9.08. The Hall–Kier alpha value is -3.77. The number of carbonyl (C=O) groups is 2. The number of aromatic nitrogens is 4. The van der Waals surface area contributed by atoms with Crippen molar-refractivity contribution in [1.29, 1.82) is 0 Å². The second-order valence-electron chi connectivity index (χ2n) is 18.3. The topological polar surface area (TPSA) is 181 Å². The van der Waals surface area contributed by atoms with E-state index >= 15 is 0 Å². The molecule has 0 saturated carbocycles. The number of hydrogen-bond acceptors (Lipinski definition) is 14. The number of rotatable bonds is 10. The summed E-state index contributed by atoms with van der Waals surface area (Å²) in [5.74, 6) is -1.45. The van der Waals surface area contributed by atoms with Gasteiger partial charge in [0.05, 0.1) is 55.6 Å². The summed E-state index contributed by atoms with van der Waals surface area (Å²) < 4.78 is 41.2. The molecule has 61 heavy (non-hydrogen) atoms. The van der Waals surface area contributed by atoms with Crippen molar-refractivity contribution in [2.45, 2.75) is 141 Å². The standard InChI is InChI=1S/C45H69N7O9/c1-12-35-45(9)38(47-43(55)61-45)29(5)33(18-19-46-20-21-52-40(48-49-50-52)32-16-14-13-15-17-32)27(3)23-44(8)39(60-42-36(53)34(51(10)11)22-28(4)58-42)30(6)37(31(7)41(54)59-35)56-24-26(2)25-57-44/h13-18,27-31,34-39,42,46,53H,2,12,19-25H2,1,3-11H3,(H,47,55)/b33-18+/t27-,28-,29+,30+,31-,34+,35-,36-,37?,38?,39-,42?,44-,45-/m1/s1. The SMILES string of the molecule is C=C1COC2[C@@H](C)C(=O)O[C@H](CC)[C@@]3(C)OC(=O)NC3[C@@H](C)/C(=C/CNCCn3nnnc3-c3ccccc3)[C@H](C)C[C@@](C)(OC1)[C@H](OC1O[C@H](C)C[C@H](N(C)C)[C@H]1O)[C@H]2C. The summed E-state index contributed by atoms with van der Waals surface area (Å²) in [5.41, 5.74) is 0.485. The van der Waals surface area contributed by atoms with Crippen molar-refractivity contribution in [3.05, 3.63) is 54.1 Å². The molecule has 5 heterocycles. The number of hydrogen-bond donors (Lipinski definition) is 3. The zero-order chi connectivity index (χ0) is 44.2. The molecule has 16 heteroatoms. The largest absolute Gasteiger partial charge is 0.458 e. The summed E-state index contributed by atoms with van der Waals surface area (Å²) in [5, 5.41) is 30.8.